The first kappa shape index (κ1) is 11.6. The maximum absolute atomic E-state index is 9.17. The van der Waals surface area contributed by atoms with Gasteiger partial charge in [0.1, 0.15) is 10.9 Å². The van der Waals surface area contributed by atoms with Crippen LogP contribution in [0.2, 0.25) is 0 Å². The molecule has 2 rings (SSSR count). The standard InChI is InChI=1S/C9H12N2O3S2/c1-10-7-4-3-6(16(12,13)14)5-8(7)11(2)9(10)15/h3-5,12-14H,1-2H3. The van der Waals surface area contributed by atoms with Gasteiger partial charge in [-0.3, -0.25) is 0 Å². The summed E-state index contributed by atoms with van der Waals surface area (Å²) in [4.78, 5) is 0.0937. The molecule has 1 heterocycles. The number of aromatic nitrogens is 2. The van der Waals surface area contributed by atoms with Crippen molar-refractivity contribution in [2.45, 2.75) is 4.90 Å². The van der Waals surface area contributed by atoms with Crippen molar-refractivity contribution in [2.24, 2.45) is 14.1 Å². The average Bonchev–Trinajstić information content (AvgIpc) is 2.43. The minimum atomic E-state index is -3.67. The molecule has 0 aliphatic heterocycles. The molecule has 5 nitrogen and oxygen atoms in total. The molecule has 2 aromatic rings. The Balaban J connectivity index is 2.82. The van der Waals surface area contributed by atoms with Gasteiger partial charge < -0.3 is 22.8 Å². The summed E-state index contributed by atoms with van der Waals surface area (Å²) in [6.45, 7) is 0. The van der Waals surface area contributed by atoms with Crippen molar-refractivity contribution in [3.05, 3.63) is 23.0 Å². The third-order valence-corrected chi connectivity index (χ3v) is 3.99. The topological polar surface area (TPSA) is 70.5 Å². The van der Waals surface area contributed by atoms with Crippen molar-refractivity contribution in [1.82, 2.24) is 9.13 Å². The molecular formula is C9H12N2O3S2. The second-order valence-corrected chi connectivity index (χ2v) is 5.44. The predicted molar refractivity (Wildman–Crippen MR) is 66.5 cm³/mol. The van der Waals surface area contributed by atoms with Crippen LogP contribution in [0.4, 0.5) is 0 Å². The van der Waals surface area contributed by atoms with E-state index in [0.717, 1.165) is 11.0 Å². The summed E-state index contributed by atoms with van der Waals surface area (Å²) >= 11 is 5.18. The molecule has 0 spiro atoms. The summed E-state index contributed by atoms with van der Waals surface area (Å²) in [6.07, 6.45) is 0. The van der Waals surface area contributed by atoms with Gasteiger partial charge in [-0.25, -0.2) is 0 Å². The zero-order valence-corrected chi connectivity index (χ0v) is 10.4. The van der Waals surface area contributed by atoms with Crippen molar-refractivity contribution < 1.29 is 13.7 Å². The Morgan fingerprint density at radius 3 is 2.19 bits per heavy atom. The second-order valence-electron chi connectivity index (χ2n) is 3.57. The van der Waals surface area contributed by atoms with Gasteiger partial charge >= 0.3 is 0 Å². The fourth-order valence-electron chi connectivity index (χ4n) is 1.66. The van der Waals surface area contributed by atoms with Crippen LogP contribution in [0.15, 0.2) is 23.1 Å². The number of hydrogen-bond acceptors (Lipinski definition) is 4. The van der Waals surface area contributed by atoms with E-state index in [2.05, 4.69) is 0 Å². The molecule has 1 aromatic carbocycles. The Morgan fingerprint density at radius 2 is 1.62 bits per heavy atom. The van der Waals surface area contributed by atoms with E-state index in [-0.39, 0.29) is 4.90 Å². The van der Waals surface area contributed by atoms with Crippen molar-refractivity contribution in [3.63, 3.8) is 0 Å². The van der Waals surface area contributed by atoms with Gasteiger partial charge in [-0.1, -0.05) is 0 Å². The maximum atomic E-state index is 9.17. The van der Waals surface area contributed by atoms with Gasteiger partial charge in [0.15, 0.2) is 4.77 Å². The van der Waals surface area contributed by atoms with E-state index in [9.17, 15) is 0 Å². The lowest BCUT2D eigenvalue weighted by atomic mass is 10.3. The number of rotatable bonds is 1. The average molecular weight is 260 g/mol. The summed E-state index contributed by atoms with van der Waals surface area (Å²) in [5.41, 5.74) is 1.62. The number of aryl methyl sites for hydroxylation is 2. The minimum Gasteiger partial charge on any atom is -0.320 e. The summed E-state index contributed by atoms with van der Waals surface area (Å²) in [6, 6.07) is 4.71. The molecule has 0 aliphatic rings. The monoisotopic (exact) mass is 260 g/mol. The normalized spacial score (nSPS) is 13.3. The van der Waals surface area contributed by atoms with Gasteiger partial charge in [0.25, 0.3) is 0 Å². The Hall–Kier alpha value is -0.860. The molecule has 0 atom stereocenters. The molecule has 0 saturated heterocycles. The molecule has 0 radical (unpaired) electrons. The van der Waals surface area contributed by atoms with Gasteiger partial charge in [0.05, 0.1) is 15.9 Å². The first-order valence-electron chi connectivity index (χ1n) is 4.48. The van der Waals surface area contributed by atoms with E-state index in [0.29, 0.717) is 4.77 Å². The Kier molecular flexibility index (Phi) is 2.59. The van der Waals surface area contributed by atoms with Gasteiger partial charge in [-0.05, 0) is 30.4 Å². The van der Waals surface area contributed by atoms with Crippen LogP contribution in [-0.4, -0.2) is 22.8 Å². The van der Waals surface area contributed by atoms with Crippen molar-refractivity contribution in [1.29, 1.82) is 0 Å². The molecule has 3 N–H and O–H groups in total. The van der Waals surface area contributed by atoms with Crippen molar-refractivity contribution in [2.75, 3.05) is 0 Å². The van der Waals surface area contributed by atoms with Gasteiger partial charge in [0, 0.05) is 14.1 Å². The zero-order chi connectivity index (χ0) is 12.1. The third-order valence-electron chi connectivity index (χ3n) is 2.56. The Bertz CT molecular complexity index is 609. The molecular weight excluding hydrogens is 248 g/mol. The highest BCUT2D eigenvalue weighted by Crippen LogP contribution is 2.44. The SMILES string of the molecule is Cn1c(=S)n(C)c2cc(S(O)(O)O)ccc21. The molecule has 16 heavy (non-hydrogen) atoms. The fourth-order valence-corrected chi connectivity index (χ4v) is 2.37. The van der Waals surface area contributed by atoms with Crippen LogP contribution in [-0.2, 0) is 14.1 Å². The molecule has 0 unspecified atom stereocenters. The summed E-state index contributed by atoms with van der Waals surface area (Å²) in [5.74, 6) is 0. The largest absolute Gasteiger partial charge is 0.320 e. The molecule has 7 heteroatoms. The quantitative estimate of drug-likeness (QED) is 0.689. The molecule has 88 valence electrons. The van der Waals surface area contributed by atoms with Crippen LogP contribution < -0.4 is 0 Å². The summed E-state index contributed by atoms with van der Waals surface area (Å²) in [7, 11) is -0.0474. The maximum Gasteiger partial charge on any atom is 0.180 e. The number of nitrogens with zero attached hydrogens (tertiary/aromatic N) is 2. The van der Waals surface area contributed by atoms with E-state index >= 15 is 0 Å². The van der Waals surface area contributed by atoms with E-state index in [1.807, 2.05) is 11.6 Å². The Morgan fingerprint density at radius 1 is 1.06 bits per heavy atom. The van der Waals surface area contributed by atoms with Crippen LogP contribution >= 0.6 is 23.1 Å². The highest BCUT2D eigenvalue weighted by Gasteiger charge is 2.17. The fraction of sp³-hybridized carbons (Fsp3) is 0.222. The first-order valence-corrected chi connectivity index (χ1v) is 6.39. The highest BCUT2D eigenvalue weighted by atomic mass is 32.3. The summed E-state index contributed by atoms with van der Waals surface area (Å²) < 4.78 is 31.7. The predicted octanol–water partition coefficient (Wildman–Crippen LogP) is 2.83. The first-order chi connectivity index (χ1) is 7.32. The van der Waals surface area contributed by atoms with Crippen LogP contribution in [0.5, 0.6) is 0 Å². The van der Waals surface area contributed by atoms with Crippen LogP contribution in [0.1, 0.15) is 0 Å². The molecule has 0 bridgehead atoms. The molecule has 0 amide bonds. The molecule has 0 aliphatic carbocycles. The summed E-state index contributed by atoms with van der Waals surface area (Å²) in [5, 5.41) is 0. The van der Waals surface area contributed by atoms with Crippen LogP contribution in [0, 0.1) is 4.77 Å². The Labute approximate surface area is 99.1 Å². The van der Waals surface area contributed by atoms with Gasteiger partial charge in [0.2, 0.25) is 0 Å². The lowest BCUT2D eigenvalue weighted by molar-refractivity contribution is 0.376. The highest BCUT2D eigenvalue weighted by molar-refractivity contribution is 8.19. The van der Waals surface area contributed by atoms with Gasteiger partial charge in [-0.15, -0.1) is 0 Å². The lowest BCUT2D eigenvalue weighted by Gasteiger charge is -2.19. The number of imidazole rings is 1. The van der Waals surface area contributed by atoms with E-state index in [1.54, 1.807) is 17.7 Å². The van der Waals surface area contributed by atoms with E-state index in [1.165, 1.54) is 12.1 Å². The lowest BCUT2D eigenvalue weighted by Crippen LogP contribution is -1.96. The molecule has 0 saturated carbocycles. The van der Waals surface area contributed by atoms with Gasteiger partial charge in [-0.2, -0.15) is 0 Å². The van der Waals surface area contributed by atoms with Crippen molar-refractivity contribution in [3.8, 4) is 0 Å². The molecule has 0 fully saturated rings. The molecule has 1 aromatic heterocycles. The van der Waals surface area contributed by atoms with E-state index < -0.39 is 10.9 Å². The smallest absolute Gasteiger partial charge is 0.180 e. The van der Waals surface area contributed by atoms with Crippen molar-refractivity contribution >= 4 is 34.1 Å². The van der Waals surface area contributed by atoms with Crippen LogP contribution in [0.3, 0.4) is 0 Å². The van der Waals surface area contributed by atoms with E-state index in [4.69, 9.17) is 25.9 Å². The minimum absolute atomic E-state index is 0.0937. The third kappa shape index (κ3) is 1.66. The van der Waals surface area contributed by atoms with Crippen LogP contribution in [0.25, 0.3) is 11.0 Å². The zero-order valence-electron chi connectivity index (χ0n) is 8.78. The second kappa shape index (κ2) is 3.57. The number of hydrogen-bond donors (Lipinski definition) is 3. The number of benzene rings is 1. The number of fused-ring (bicyclic) bond motifs is 1.